The number of rotatable bonds is 4. The predicted molar refractivity (Wildman–Crippen MR) is 60.3 cm³/mol. The lowest BCUT2D eigenvalue weighted by molar-refractivity contribution is -0.384. The van der Waals surface area contributed by atoms with Gasteiger partial charge >= 0.3 is 6.03 Å². The van der Waals surface area contributed by atoms with Crippen LogP contribution in [0.15, 0.2) is 24.3 Å². The molecular weight excluding hydrogens is 224 g/mol. The molecule has 0 saturated heterocycles. The molecule has 0 aliphatic rings. The molecule has 7 nitrogen and oxygen atoms in total. The highest BCUT2D eigenvalue weighted by molar-refractivity contribution is 5.89. The molecule has 0 aliphatic carbocycles. The van der Waals surface area contributed by atoms with Gasteiger partial charge in [0.05, 0.1) is 17.4 Å². The summed E-state index contributed by atoms with van der Waals surface area (Å²) in [6.45, 7) is 0.233. The fraction of sp³-hybridized carbons (Fsp3) is 0.200. The first-order valence-corrected chi connectivity index (χ1v) is 4.79. The smallest absolute Gasteiger partial charge is 0.319 e. The van der Waals surface area contributed by atoms with Crippen LogP contribution in [-0.2, 0) is 0 Å². The van der Waals surface area contributed by atoms with E-state index in [0.29, 0.717) is 5.69 Å². The number of benzene rings is 1. The summed E-state index contributed by atoms with van der Waals surface area (Å²) in [6.07, 6.45) is 0.211. The van der Waals surface area contributed by atoms with Gasteiger partial charge < -0.3 is 10.6 Å². The molecule has 0 aromatic heterocycles. The van der Waals surface area contributed by atoms with Crippen molar-refractivity contribution in [3.63, 3.8) is 0 Å². The van der Waals surface area contributed by atoms with E-state index in [0.717, 1.165) is 0 Å². The van der Waals surface area contributed by atoms with Crippen LogP contribution in [0.2, 0.25) is 0 Å². The van der Waals surface area contributed by atoms with Gasteiger partial charge in [-0.25, -0.2) is 4.79 Å². The molecule has 0 bridgehead atoms. The van der Waals surface area contributed by atoms with Crippen molar-refractivity contribution in [1.82, 2.24) is 5.32 Å². The predicted octanol–water partition coefficient (Wildman–Crippen LogP) is 1.63. The molecule has 0 spiro atoms. The van der Waals surface area contributed by atoms with Crippen LogP contribution < -0.4 is 10.6 Å². The Morgan fingerprint density at radius 1 is 1.53 bits per heavy atom. The number of nitro groups is 1. The Kier molecular flexibility index (Phi) is 4.45. The molecule has 2 N–H and O–H groups in total. The van der Waals surface area contributed by atoms with Crippen molar-refractivity contribution in [3.05, 3.63) is 34.4 Å². The van der Waals surface area contributed by atoms with E-state index in [4.69, 9.17) is 5.26 Å². The van der Waals surface area contributed by atoms with Gasteiger partial charge in [-0.15, -0.1) is 0 Å². The lowest BCUT2D eigenvalue weighted by Gasteiger charge is -2.05. The zero-order chi connectivity index (χ0) is 12.7. The molecule has 88 valence electrons. The SMILES string of the molecule is N#CCCNC(=O)Nc1cccc([N+](=O)[O-])c1. The number of hydrogen-bond donors (Lipinski definition) is 2. The number of carbonyl (C=O) groups is 1. The van der Waals surface area contributed by atoms with Crippen molar-refractivity contribution in [2.24, 2.45) is 0 Å². The first-order chi connectivity index (χ1) is 8.13. The molecule has 0 saturated carbocycles. The Labute approximate surface area is 97.2 Å². The molecule has 0 unspecified atom stereocenters. The summed E-state index contributed by atoms with van der Waals surface area (Å²) in [4.78, 5) is 21.2. The normalized spacial score (nSPS) is 9.12. The fourth-order valence-electron chi connectivity index (χ4n) is 1.10. The first kappa shape index (κ1) is 12.4. The Morgan fingerprint density at radius 3 is 2.94 bits per heavy atom. The maximum absolute atomic E-state index is 11.3. The van der Waals surface area contributed by atoms with Crippen LogP contribution in [0, 0.1) is 21.4 Å². The molecule has 1 aromatic rings. The van der Waals surface area contributed by atoms with Crippen LogP contribution in [0.25, 0.3) is 0 Å². The summed E-state index contributed by atoms with van der Waals surface area (Å²) in [5.74, 6) is 0. The Balaban J connectivity index is 2.57. The van der Waals surface area contributed by atoms with Crippen LogP contribution in [0.1, 0.15) is 6.42 Å². The van der Waals surface area contributed by atoms with E-state index in [9.17, 15) is 14.9 Å². The molecule has 0 atom stereocenters. The topological polar surface area (TPSA) is 108 Å². The van der Waals surface area contributed by atoms with Crippen LogP contribution in [0.3, 0.4) is 0 Å². The van der Waals surface area contributed by atoms with Crippen molar-refractivity contribution in [2.45, 2.75) is 6.42 Å². The third kappa shape index (κ3) is 4.17. The van der Waals surface area contributed by atoms with Crippen molar-refractivity contribution < 1.29 is 9.72 Å². The van der Waals surface area contributed by atoms with Crippen molar-refractivity contribution in [3.8, 4) is 6.07 Å². The Morgan fingerprint density at radius 2 is 2.29 bits per heavy atom. The van der Waals surface area contributed by atoms with E-state index in [2.05, 4.69) is 10.6 Å². The molecule has 0 fully saturated rings. The molecular formula is C10H10N4O3. The zero-order valence-electron chi connectivity index (χ0n) is 8.84. The number of nitro benzene ring substituents is 1. The zero-order valence-corrected chi connectivity index (χ0v) is 8.84. The van der Waals surface area contributed by atoms with Crippen molar-refractivity contribution >= 4 is 17.4 Å². The number of nitrogens with one attached hydrogen (secondary N) is 2. The third-order valence-electron chi connectivity index (χ3n) is 1.84. The number of nitriles is 1. The molecule has 17 heavy (non-hydrogen) atoms. The highest BCUT2D eigenvalue weighted by atomic mass is 16.6. The van der Waals surface area contributed by atoms with E-state index >= 15 is 0 Å². The lowest BCUT2D eigenvalue weighted by Crippen LogP contribution is -2.29. The van der Waals surface area contributed by atoms with Crippen LogP contribution in [0.4, 0.5) is 16.2 Å². The van der Waals surface area contributed by atoms with Gasteiger partial charge in [0.15, 0.2) is 0 Å². The Bertz CT molecular complexity index is 467. The van der Waals surface area contributed by atoms with Crippen LogP contribution in [0.5, 0.6) is 0 Å². The first-order valence-electron chi connectivity index (χ1n) is 4.79. The number of non-ortho nitro benzene ring substituents is 1. The molecule has 1 rings (SSSR count). The fourth-order valence-corrected chi connectivity index (χ4v) is 1.10. The number of carbonyl (C=O) groups excluding carboxylic acids is 1. The van der Waals surface area contributed by atoms with E-state index in [1.54, 1.807) is 0 Å². The Hall–Kier alpha value is -2.62. The minimum absolute atomic E-state index is 0.0974. The molecule has 0 aliphatic heterocycles. The maximum atomic E-state index is 11.3. The second-order valence-corrected chi connectivity index (χ2v) is 3.10. The summed E-state index contributed by atoms with van der Waals surface area (Å²) in [7, 11) is 0. The summed E-state index contributed by atoms with van der Waals surface area (Å²) < 4.78 is 0. The number of amides is 2. The van der Waals surface area contributed by atoms with Crippen LogP contribution in [-0.4, -0.2) is 17.5 Å². The van der Waals surface area contributed by atoms with Gasteiger partial charge in [0.2, 0.25) is 0 Å². The molecule has 0 radical (unpaired) electrons. The summed E-state index contributed by atoms with van der Waals surface area (Å²) in [6, 6.07) is 6.98. The molecule has 2 amide bonds. The van der Waals surface area contributed by atoms with Gasteiger partial charge in [-0.1, -0.05) is 6.07 Å². The number of nitrogens with zero attached hydrogens (tertiary/aromatic N) is 2. The largest absolute Gasteiger partial charge is 0.337 e. The van der Waals surface area contributed by atoms with Gasteiger partial charge in [-0.3, -0.25) is 10.1 Å². The van der Waals surface area contributed by atoms with Crippen molar-refractivity contribution in [2.75, 3.05) is 11.9 Å². The monoisotopic (exact) mass is 234 g/mol. The standard InChI is InChI=1S/C10H10N4O3/c11-5-2-6-12-10(15)13-8-3-1-4-9(7-8)14(16)17/h1,3-4,7H,2,6H2,(H2,12,13,15). The summed E-state index contributed by atoms with van der Waals surface area (Å²) in [5, 5.41) is 23.6. The number of hydrogen-bond acceptors (Lipinski definition) is 4. The molecule has 7 heteroatoms. The average molecular weight is 234 g/mol. The van der Waals surface area contributed by atoms with Gasteiger partial charge in [0, 0.05) is 24.4 Å². The third-order valence-corrected chi connectivity index (χ3v) is 1.84. The van der Waals surface area contributed by atoms with E-state index in [1.165, 1.54) is 24.3 Å². The summed E-state index contributed by atoms with van der Waals surface area (Å²) >= 11 is 0. The molecule has 1 aromatic carbocycles. The van der Waals surface area contributed by atoms with E-state index < -0.39 is 11.0 Å². The van der Waals surface area contributed by atoms with E-state index in [1.807, 2.05) is 6.07 Å². The minimum atomic E-state index is -0.543. The summed E-state index contributed by atoms with van der Waals surface area (Å²) in [5.41, 5.74) is 0.230. The maximum Gasteiger partial charge on any atom is 0.319 e. The highest BCUT2D eigenvalue weighted by Gasteiger charge is 2.07. The van der Waals surface area contributed by atoms with Gasteiger partial charge in [0.1, 0.15) is 0 Å². The second-order valence-electron chi connectivity index (χ2n) is 3.10. The quantitative estimate of drug-likeness (QED) is 0.468. The number of urea groups is 1. The average Bonchev–Trinajstić information content (AvgIpc) is 2.29. The van der Waals surface area contributed by atoms with Gasteiger partial charge in [0.25, 0.3) is 5.69 Å². The minimum Gasteiger partial charge on any atom is -0.337 e. The molecule has 0 heterocycles. The second kappa shape index (κ2) is 6.07. The van der Waals surface area contributed by atoms with Gasteiger partial charge in [-0.05, 0) is 6.07 Å². The van der Waals surface area contributed by atoms with Crippen LogP contribution >= 0.6 is 0 Å². The number of anilines is 1. The van der Waals surface area contributed by atoms with Crippen molar-refractivity contribution in [1.29, 1.82) is 5.26 Å². The lowest BCUT2D eigenvalue weighted by atomic mass is 10.3. The highest BCUT2D eigenvalue weighted by Crippen LogP contribution is 2.16. The van der Waals surface area contributed by atoms with E-state index in [-0.39, 0.29) is 18.7 Å². The van der Waals surface area contributed by atoms with Gasteiger partial charge in [-0.2, -0.15) is 5.26 Å².